The molecule has 2 aliphatic heterocycles. The second-order valence-electron chi connectivity index (χ2n) is 5.17. The summed E-state index contributed by atoms with van der Waals surface area (Å²) in [5.41, 5.74) is 2.26. The molecule has 5 heteroatoms. The minimum Gasteiger partial charge on any atom is -0.323 e. The predicted octanol–water partition coefficient (Wildman–Crippen LogP) is 2.52. The average molecular weight is 290 g/mol. The van der Waals surface area contributed by atoms with Crippen molar-refractivity contribution >= 4 is 28.6 Å². The van der Waals surface area contributed by atoms with Crippen molar-refractivity contribution in [3.05, 3.63) is 29.8 Å². The molecule has 4 nitrogen and oxygen atoms in total. The average Bonchev–Trinajstić information content (AvgIpc) is 2.75. The third kappa shape index (κ3) is 2.68. The maximum atomic E-state index is 12.5. The van der Waals surface area contributed by atoms with E-state index in [2.05, 4.69) is 6.07 Å². The van der Waals surface area contributed by atoms with E-state index >= 15 is 0 Å². The van der Waals surface area contributed by atoms with E-state index in [1.807, 2.05) is 23.1 Å². The highest BCUT2D eigenvalue weighted by molar-refractivity contribution is 8.13. The van der Waals surface area contributed by atoms with E-state index in [0.29, 0.717) is 6.54 Å². The van der Waals surface area contributed by atoms with Crippen molar-refractivity contribution in [3.63, 3.8) is 0 Å². The van der Waals surface area contributed by atoms with E-state index in [1.165, 1.54) is 17.3 Å². The summed E-state index contributed by atoms with van der Waals surface area (Å²) in [5, 5.41) is 0.0291. The largest absolute Gasteiger partial charge is 0.323 e. The maximum Gasteiger partial charge on any atom is 0.282 e. The minimum absolute atomic E-state index is 0.0291. The zero-order valence-corrected chi connectivity index (χ0v) is 12.2. The lowest BCUT2D eigenvalue weighted by Gasteiger charge is -2.25. The van der Waals surface area contributed by atoms with Gasteiger partial charge in [-0.3, -0.25) is 9.59 Å². The monoisotopic (exact) mass is 290 g/mol. The molecule has 0 aliphatic carbocycles. The first-order chi connectivity index (χ1) is 9.75. The zero-order valence-electron chi connectivity index (χ0n) is 11.4. The van der Waals surface area contributed by atoms with Gasteiger partial charge in [-0.05, 0) is 30.9 Å². The Morgan fingerprint density at radius 1 is 1.20 bits per heavy atom. The minimum atomic E-state index is 0.0291. The van der Waals surface area contributed by atoms with E-state index in [4.69, 9.17) is 0 Å². The SMILES string of the molecule is O=C1SCCN1CC(=O)N1CCCCc2ccccc21. The molecule has 1 saturated heterocycles. The number of hydrogen-bond donors (Lipinski definition) is 0. The molecular formula is C15H18N2O2S. The highest BCUT2D eigenvalue weighted by atomic mass is 32.2. The van der Waals surface area contributed by atoms with Gasteiger partial charge < -0.3 is 9.80 Å². The van der Waals surface area contributed by atoms with Crippen molar-refractivity contribution < 1.29 is 9.59 Å². The van der Waals surface area contributed by atoms with Crippen LogP contribution in [0.25, 0.3) is 0 Å². The molecule has 20 heavy (non-hydrogen) atoms. The summed E-state index contributed by atoms with van der Waals surface area (Å²) in [7, 11) is 0. The highest BCUT2D eigenvalue weighted by Gasteiger charge is 2.27. The Morgan fingerprint density at radius 3 is 2.85 bits per heavy atom. The maximum absolute atomic E-state index is 12.5. The first-order valence-electron chi connectivity index (χ1n) is 7.06. The van der Waals surface area contributed by atoms with Crippen LogP contribution in [0.4, 0.5) is 10.5 Å². The molecule has 3 rings (SSSR count). The first kappa shape index (κ1) is 13.5. The zero-order chi connectivity index (χ0) is 13.9. The molecule has 0 saturated carbocycles. The molecule has 0 atom stereocenters. The van der Waals surface area contributed by atoms with Gasteiger partial charge in [-0.2, -0.15) is 0 Å². The Morgan fingerprint density at radius 2 is 2.05 bits per heavy atom. The molecule has 2 amide bonds. The molecule has 0 N–H and O–H groups in total. The van der Waals surface area contributed by atoms with Gasteiger partial charge in [0.05, 0.1) is 0 Å². The number of fused-ring (bicyclic) bond motifs is 1. The lowest BCUT2D eigenvalue weighted by Crippen LogP contribution is -2.41. The van der Waals surface area contributed by atoms with Crippen LogP contribution in [0.3, 0.4) is 0 Å². The number of amides is 2. The molecule has 1 fully saturated rings. The Balaban J connectivity index is 1.78. The molecule has 0 unspecified atom stereocenters. The topological polar surface area (TPSA) is 40.6 Å². The van der Waals surface area contributed by atoms with Crippen molar-refractivity contribution in [2.75, 3.05) is 30.3 Å². The molecule has 0 aromatic heterocycles. The summed E-state index contributed by atoms with van der Waals surface area (Å²) in [5.74, 6) is 0.832. The quantitative estimate of drug-likeness (QED) is 0.840. The van der Waals surface area contributed by atoms with E-state index in [9.17, 15) is 9.59 Å². The molecule has 1 aromatic rings. The smallest absolute Gasteiger partial charge is 0.282 e. The van der Waals surface area contributed by atoms with Crippen LogP contribution in [0.1, 0.15) is 18.4 Å². The summed E-state index contributed by atoms with van der Waals surface area (Å²) >= 11 is 1.30. The molecule has 0 radical (unpaired) electrons. The number of para-hydroxylation sites is 1. The van der Waals surface area contributed by atoms with Gasteiger partial charge >= 0.3 is 0 Å². The molecule has 106 valence electrons. The van der Waals surface area contributed by atoms with E-state index in [0.717, 1.165) is 37.2 Å². The van der Waals surface area contributed by atoms with Gasteiger partial charge in [0, 0.05) is 24.5 Å². The number of rotatable bonds is 2. The van der Waals surface area contributed by atoms with Gasteiger partial charge in [-0.1, -0.05) is 30.0 Å². The Kier molecular flexibility index (Phi) is 3.96. The summed E-state index contributed by atoms with van der Waals surface area (Å²) in [6.45, 7) is 1.65. The van der Waals surface area contributed by atoms with E-state index in [1.54, 1.807) is 4.90 Å². The van der Waals surface area contributed by atoms with Gasteiger partial charge in [0.25, 0.3) is 5.24 Å². The molecule has 2 heterocycles. The fraction of sp³-hybridized carbons (Fsp3) is 0.467. The third-order valence-electron chi connectivity index (χ3n) is 3.83. The lowest BCUT2D eigenvalue weighted by atomic mass is 10.1. The van der Waals surface area contributed by atoms with Crippen LogP contribution in [0.2, 0.25) is 0 Å². The molecule has 1 aromatic carbocycles. The van der Waals surface area contributed by atoms with Crippen LogP contribution < -0.4 is 4.90 Å². The number of aryl methyl sites for hydroxylation is 1. The molecule has 0 spiro atoms. The Labute approximate surface area is 123 Å². The first-order valence-corrected chi connectivity index (χ1v) is 8.04. The fourth-order valence-electron chi connectivity index (χ4n) is 2.77. The van der Waals surface area contributed by atoms with Crippen LogP contribution in [0, 0.1) is 0 Å². The Hall–Kier alpha value is -1.49. The molecule has 2 aliphatic rings. The van der Waals surface area contributed by atoms with Crippen LogP contribution in [-0.4, -0.2) is 41.4 Å². The van der Waals surface area contributed by atoms with Crippen molar-refractivity contribution in [1.29, 1.82) is 0 Å². The van der Waals surface area contributed by atoms with Crippen molar-refractivity contribution in [2.45, 2.75) is 19.3 Å². The number of nitrogens with zero attached hydrogens (tertiary/aromatic N) is 2. The van der Waals surface area contributed by atoms with Gasteiger partial charge in [-0.25, -0.2) is 0 Å². The highest BCUT2D eigenvalue weighted by Crippen LogP contribution is 2.26. The number of carbonyl (C=O) groups excluding carboxylic acids is 2. The molecular weight excluding hydrogens is 272 g/mol. The molecule has 0 bridgehead atoms. The number of anilines is 1. The van der Waals surface area contributed by atoms with Crippen LogP contribution in [-0.2, 0) is 11.2 Å². The van der Waals surface area contributed by atoms with Gasteiger partial charge in [0.15, 0.2) is 0 Å². The lowest BCUT2D eigenvalue weighted by molar-refractivity contribution is -0.119. The van der Waals surface area contributed by atoms with Crippen molar-refractivity contribution in [1.82, 2.24) is 4.90 Å². The van der Waals surface area contributed by atoms with Gasteiger partial charge in [-0.15, -0.1) is 0 Å². The van der Waals surface area contributed by atoms with E-state index < -0.39 is 0 Å². The van der Waals surface area contributed by atoms with Crippen molar-refractivity contribution in [3.8, 4) is 0 Å². The number of benzene rings is 1. The van der Waals surface area contributed by atoms with E-state index in [-0.39, 0.29) is 17.7 Å². The van der Waals surface area contributed by atoms with Crippen LogP contribution in [0.5, 0.6) is 0 Å². The third-order valence-corrected chi connectivity index (χ3v) is 4.72. The summed E-state index contributed by atoms with van der Waals surface area (Å²) in [4.78, 5) is 27.7. The number of carbonyl (C=O) groups is 2. The van der Waals surface area contributed by atoms with Crippen molar-refractivity contribution in [2.24, 2.45) is 0 Å². The predicted molar refractivity (Wildman–Crippen MR) is 81.2 cm³/mol. The van der Waals surface area contributed by atoms with Crippen LogP contribution in [0.15, 0.2) is 24.3 Å². The fourth-order valence-corrected chi connectivity index (χ4v) is 3.59. The normalized spacial score (nSPS) is 18.9. The summed E-state index contributed by atoms with van der Waals surface area (Å²) in [6, 6.07) is 8.10. The Bertz CT molecular complexity index is 532. The van der Waals surface area contributed by atoms with Gasteiger partial charge in [0.1, 0.15) is 6.54 Å². The standard InChI is InChI=1S/C15H18N2O2S/c18-14(11-16-9-10-20-15(16)19)17-8-4-3-6-12-5-1-2-7-13(12)17/h1-2,5,7H,3-4,6,8-11H2. The second kappa shape index (κ2) is 5.87. The summed E-state index contributed by atoms with van der Waals surface area (Å²) < 4.78 is 0. The number of hydrogen-bond acceptors (Lipinski definition) is 3. The summed E-state index contributed by atoms with van der Waals surface area (Å²) in [6.07, 6.45) is 3.15. The van der Waals surface area contributed by atoms with Gasteiger partial charge in [0.2, 0.25) is 5.91 Å². The van der Waals surface area contributed by atoms with Crippen LogP contribution >= 0.6 is 11.8 Å². The number of thioether (sulfide) groups is 1. The second-order valence-corrected chi connectivity index (χ2v) is 6.21.